The minimum absolute atomic E-state index is 0.243. The molecule has 0 saturated heterocycles. The SMILES string of the molecule is Cc1cc(Br)cc2c(C(=O)OC(C)C(=O)c3ccccc3)cc(-c3ccccc3)nc12. The van der Waals surface area contributed by atoms with E-state index >= 15 is 0 Å². The standard InChI is InChI=1S/C26H20BrNO3/c1-16-13-20(27)14-21-22(15-23(28-24(16)21)18-9-5-3-6-10-18)26(30)31-17(2)25(29)19-11-7-4-8-12-19/h3-15,17H,1-2H3. The number of hydrogen-bond acceptors (Lipinski definition) is 4. The fourth-order valence-electron chi connectivity index (χ4n) is 3.50. The summed E-state index contributed by atoms with van der Waals surface area (Å²) in [5.74, 6) is -0.799. The molecule has 0 aliphatic rings. The number of aromatic nitrogens is 1. The topological polar surface area (TPSA) is 56.3 Å². The minimum atomic E-state index is -0.911. The van der Waals surface area contributed by atoms with Gasteiger partial charge in [-0.1, -0.05) is 76.6 Å². The highest BCUT2D eigenvalue weighted by atomic mass is 79.9. The molecule has 1 unspecified atom stereocenters. The number of carbonyl (C=O) groups excluding carboxylic acids is 2. The van der Waals surface area contributed by atoms with Gasteiger partial charge in [-0.15, -0.1) is 0 Å². The second-order valence-electron chi connectivity index (χ2n) is 7.32. The molecule has 4 rings (SSSR count). The summed E-state index contributed by atoms with van der Waals surface area (Å²) in [6.45, 7) is 3.54. The molecule has 0 aliphatic carbocycles. The number of aryl methyl sites for hydroxylation is 1. The van der Waals surface area contributed by atoms with Crippen LogP contribution in [0.4, 0.5) is 0 Å². The van der Waals surface area contributed by atoms with Gasteiger partial charge in [0.2, 0.25) is 5.78 Å². The van der Waals surface area contributed by atoms with Crippen molar-refractivity contribution >= 4 is 38.6 Å². The first-order valence-electron chi connectivity index (χ1n) is 9.90. The van der Waals surface area contributed by atoms with Crippen LogP contribution in [0.25, 0.3) is 22.2 Å². The summed E-state index contributed by atoms with van der Waals surface area (Å²) in [4.78, 5) is 30.7. The van der Waals surface area contributed by atoms with E-state index < -0.39 is 12.1 Å². The number of nitrogens with zero attached hydrogens (tertiary/aromatic N) is 1. The van der Waals surface area contributed by atoms with Gasteiger partial charge >= 0.3 is 5.97 Å². The molecule has 1 aromatic heterocycles. The third-order valence-corrected chi connectivity index (χ3v) is 5.53. The van der Waals surface area contributed by atoms with Crippen molar-refractivity contribution in [2.75, 3.05) is 0 Å². The maximum absolute atomic E-state index is 13.2. The van der Waals surface area contributed by atoms with E-state index in [0.29, 0.717) is 22.2 Å². The number of ether oxygens (including phenoxy) is 1. The van der Waals surface area contributed by atoms with Gasteiger partial charge in [0.15, 0.2) is 6.10 Å². The molecule has 0 bridgehead atoms. The molecule has 1 heterocycles. The zero-order valence-corrected chi connectivity index (χ0v) is 18.7. The first-order chi connectivity index (χ1) is 14.9. The van der Waals surface area contributed by atoms with E-state index in [-0.39, 0.29) is 5.78 Å². The van der Waals surface area contributed by atoms with Crippen LogP contribution in [0.5, 0.6) is 0 Å². The second kappa shape index (κ2) is 8.82. The summed E-state index contributed by atoms with van der Waals surface area (Å²) < 4.78 is 6.44. The quantitative estimate of drug-likeness (QED) is 0.248. The number of halogens is 1. The zero-order valence-electron chi connectivity index (χ0n) is 17.1. The van der Waals surface area contributed by atoms with Crippen LogP contribution in [0.1, 0.15) is 33.2 Å². The highest BCUT2D eigenvalue weighted by Crippen LogP contribution is 2.30. The van der Waals surface area contributed by atoms with Crippen LogP contribution in [-0.4, -0.2) is 22.8 Å². The molecule has 0 amide bonds. The molecule has 154 valence electrons. The number of Topliss-reactive ketones (excluding diaryl/α,β-unsaturated/α-hetero) is 1. The van der Waals surface area contributed by atoms with Crippen LogP contribution >= 0.6 is 15.9 Å². The molecule has 0 saturated carbocycles. The third-order valence-electron chi connectivity index (χ3n) is 5.07. The number of hydrogen-bond donors (Lipinski definition) is 0. The monoisotopic (exact) mass is 473 g/mol. The van der Waals surface area contributed by atoms with E-state index in [4.69, 9.17) is 9.72 Å². The predicted octanol–water partition coefficient (Wildman–Crippen LogP) is 6.40. The summed E-state index contributed by atoms with van der Waals surface area (Å²) in [7, 11) is 0. The van der Waals surface area contributed by atoms with E-state index in [9.17, 15) is 9.59 Å². The maximum Gasteiger partial charge on any atom is 0.339 e. The Hall–Kier alpha value is -3.31. The van der Waals surface area contributed by atoms with Gasteiger partial charge in [0.25, 0.3) is 0 Å². The lowest BCUT2D eigenvalue weighted by Gasteiger charge is -2.15. The predicted molar refractivity (Wildman–Crippen MR) is 125 cm³/mol. The number of rotatable bonds is 5. The van der Waals surface area contributed by atoms with Crippen molar-refractivity contribution in [1.29, 1.82) is 0 Å². The molecule has 0 N–H and O–H groups in total. The first kappa shape index (κ1) is 20.9. The molecular formula is C26H20BrNO3. The molecule has 4 aromatic rings. The fraction of sp³-hybridized carbons (Fsp3) is 0.115. The Kier molecular flexibility index (Phi) is 5.96. The Balaban J connectivity index is 1.76. The number of fused-ring (bicyclic) bond motifs is 1. The Labute approximate surface area is 189 Å². The van der Waals surface area contributed by atoms with Crippen LogP contribution in [0, 0.1) is 6.92 Å². The largest absolute Gasteiger partial charge is 0.451 e. The lowest BCUT2D eigenvalue weighted by molar-refractivity contribution is 0.0320. The van der Waals surface area contributed by atoms with E-state index in [1.807, 2.05) is 55.5 Å². The average molecular weight is 474 g/mol. The lowest BCUT2D eigenvalue weighted by atomic mass is 10.0. The highest BCUT2D eigenvalue weighted by molar-refractivity contribution is 9.10. The Morgan fingerprint density at radius 2 is 1.58 bits per heavy atom. The molecular weight excluding hydrogens is 454 g/mol. The van der Waals surface area contributed by atoms with E-state index in [2.05, 4.69) is 15.9 Å². The Morgan fingerprint density at radius 1 is 0.935 bits per heavy atom. The van der Waals surface area contributed by atoms with Crippen molar-refractivity contribution in [2.24, 2.45) is 0 Å². The number of carbonyl (C=O) groups is 2. The normalized spacial score (nSPS) is 11.8. The van der Waals surface area contributed by atoms with Gasteiger partial charge in [0.05, 0.1) is 16.8 Å². The van der Waals surface area contributed by atoms with Gasteiger partial charge in [-0.05, 0) is 37.6 Å². The second-order valence-corrected chi connectivity index (χ2v) is 8.23. The molecule has 0 aliphatic heterocycles. The summed E-state index contributed by atoms with van der Waals surface area (Å²) in [6, 6.07) is 24.0. The van der Waals surface area contributed by atoms with Gasteiger partial charge < -0.3 is 4.74 Å². The van der Waals surface area contributed by atoms with Crippen LogP contribution in [-0.2, 0) is 4.74 Å². The Morgan fingerprint density at radius 3 is 2.26 bits per heavy atom. The van der Waals surface area contributed by atoms with Gasteiger partial charge in [-0.25, -0.2) is 9.78 Å². The minimum Gasteiger partial charge on any atom is -0.451 e. The Bertz CT molecular complexity index is 1270. The number of pyridine rings is 1. The number of benzene rings is 3. The molecule has 4 nitrogen and oxygen atoms in total. The number of ketones is 1. The molecule has 0 radical (unpaired) electrons. The molecule has 3 aromatic carbocycles. The molecule has 0 fully saturated rings. The highest BCUT2D eigenvalue weighted by Gasteiger charge is 2.23. The van der Waals surface area contributed by atoms with Gasteiger partial charge in [-0.3, -0.25) is 4.79 Å². The van der Waals surface area contributed by atoms with Crippen LogP contribution < -0.4 is 0 Å². The van der Waals surface area contributed by atoms with E-state index in [0.717, 1.165) is 21.1 Å². The average Bonchev–Trinajstić information content (AvgIpc) is 2.79. The van der Waals surface area contributed by atoms with Crippen molar-refractivity contribution in [3.63, 3.8) is 0 Å². The van der Waals surface area contributed by atoms with Gasteiger partial charge in [-0.2, -0.15) is 0 Å². The van der Waals surface area contributed by atoms with Crippen LogP contribution in [0.2, 0.25) is 0 Å². The zero-order chi connectivity index (χ0) is 22.0. The summed E-state index contributed by atoms with van der Waals surface area (Å²) >= 11 is 3.50. The fourth-order valence-corrected chi connectivity index (χ4v) is 4.07. The summed E-state index contributed by atoms with van der Waals surface area (Å²) in [6.07, 6.45) is -0.911. The third kappa shape index (κ3) is 4.42. The number of esters is 1. The van der Waals surface area contributed by atoms with Gasteiger partial charge in [0.1, 0.15) is 0 Å². The van der Waals surface area contributed by atoms with Crippen LogP contribution in [0.3, 0.4) is 0 Å². The maximum atomic E-state index is 13.2. The molecule has 1 atom stereocenters. The summed E-state index contributed by atoms with van der Waals surface area (Å²) in [5, 5.41) is 0.677. The van der Waals surface area contributed by atoms with Gasteiger partial charge in [0, 0.05) is 21.0 Å². The molecule has 5 heteroatoms. The van der Waals surface area contributed by atoms with Crippen molar-refractivity contribution in [1.82, 2.24) is 4.98 Å². The first-order valence-corrected chi connectivity index (χ1v) is 10.7. The molecule has 31 heavy (non-hydrogen) atoms. The molecule has 0 spiro atoms. The van der Waals surface area contributed by atoms with Crippen LogP contribution in [0.15, 0.2) is 83.3 Å². The van der Waals surface area contributed by atoms with Crippen molar-refractivity contribution in [3.8, 4) is 11.3 Å². The lowest BCUT2D eigenvalue weighted by Crippen LogP contribution is -2.24. The summed E-state index contributed by atoms with van der Waals surface area (Å²) in [5.41, 5.74) is 4.11. The smallest absolute Gasteiger partial charge is 0.339 e. The van der Waals surface area contributed by atoms with E-state index in [1.54, 1.807) is 37.3 Å². The van der Waals surface area contributed by atoms with E-state index in [1.165, 1.54) is 0 Å². The van der Waals surface area contributed by atoms with Crippen molar-refractivity contribution in [3.05, 3.63) is 100 Å². The van der Waals surface area contributed by atoms with Crippen molar-refractivity contribution in [2.45, 2.75) is 20.0 Å². The van der Waals surface area contributed by atoms with Crippen molar-refractivity contribution < 1.29 is 14.3 Å².